The summed E-state index contributed by atoms with van der Waals surface area (Å²) in [5.41, 5.74) is 4.32. The maximum absolute atomic E-state index is 12.3. The van der Waals surface area contributed by atoms with Crippen LogP contribution in [0.15, 0.2) is 65.7 Å². The molecule has 0 aliphatic rings. The van der Waals surface area contributed by atoms with Crippen molar-refractivity contribution in [2.24, 2.45) is 0 Å². The van der Waals surface area contributed by atoms with Crippen molar-refractivity contribution in [2.75, 3.05) is 6.54 Å². The highest BCUT2D eigenvalue weighted by molar-refractivity contribution is 7.90. The summed E-state index contributed by atoms with van der Waals surface area (Å²) in [7, 11) is -3.91. The molecule has 0 unspecified atom stereocenters. The molecule has 0 radical (unpaired) electrons. The van der Waals surface area contributed by atoms with Crippen molar-refractivity contribution < 1.29 is 13.2 Å². The lowest BCUT2D eigenvalue weighted by molar-refractivity contribution is 0.246. The minimum Gasteiger partial charge on any atom is -0.337 e. The molecule has 0 saturated heterocycles. The summed E-state index contributed by atoms with van der Waals surface area (Å²) in [5, 5.41) is 3.13. The molecule has 2 aromatic heterocycles. The van der Waals surface area contributed by atoms with Crippen LogP contribution in [0.2, 0.25) is 5.02 Å². The molecule has 0 fully saturated rings. The molecule has 0 saturated carbocycles. The third-order valence-electron chi connectivity index (χ3n) is 5.30. The van der Waals surface area contributed by atoms with E-state index in [1.165, 1.54) is 12.1 Å². The number of urea groups is 1. The number of aromatic nitrogens is 3. The van der Waals surface area contributed by atoms with Crippen LogP contribution in [-0.2, 0) is 22.9 Å². The number of benzene rings is 2. The zero-order valence-electron chi connectivity index (χ0n) is 18.7. The monoisotopic (exact) mass is 497 g/mol. The maximum Gasteiger partial charge on any atom is 0.328 e. The van der Waals surface area contributed by atoms with E-state index in [2.05, 4.69) is 15.3 Å². The van der Waals surface area contributed by atoms with Gasteiger partial charge < -0.3 is 5.32 Å². The summed E-state index contributed by atoms with van der Waals surface area (Å²) in [4.78, 5) is 21.2. The van der Waals surface area contributed by atoms with Gasteiger partial charge in [0, 0.05) is 24.8 Å². The number of nitrogens with zero attached hydrogens (tertiary/aromatic N) is 3. The summed E-state index contributed by atoms with van der Waals surface area (Å²) in [5.74, 6) is 0.880. The lowest BCUT2D eigenvalue weighted by Crippen LogP contribution is -2.40. The number of hydrogen-bond acceptors (Lipinski definition) is 5. The van der Waals surface area contributed by atoms with Gasteiger partial charge in [0.25, 0.3) is 10.0 Å². The lowest BCUT2D eigenvalue weighted by atomic mass is 10.1. The Kier molecular flexibility index (Phi) is 6.85. The van der Waals surface area contributed by atoms with Crippen molar-refractivity contribution >= 4 is 38.8 Å². The quantitative estimate of drug-likeness (QED) is 0.398. The van der Waals surface area contributed by atoms with E-state index < -0.39 is 16.1 Å². The highest BCUT2D eigenvalue weighted by atomic mass is 35.5. The fourth-order valence-electron chi connectivity index (χ4n) is 3.56. The molecule has 2 aromatic carbocycles. The molecule has 2 heterocycles. The number of pyridine rings is 1. The fourth-order valence-corrected chi connectivity index (χ4v) is 4.64. The van der Waals surface area contributed by atoms with Crippen LogP contribution in [0.3, 0.4) is 0 Å². The molecule has 0 spiro atoms. The maximum atomic E-state index is 12.3. The van der Waals surface area contributed by atoms with Crippen molar-refractivity contribution in [3.8, 4) is 5.69 Å². The van der Waals surface area contributed by atoms with E-state index in [1.807, 2.05) is 47.4 Å². The van der Waals surface area contributed by atoms with E-state index in [1.54, 1.807) is 24.4 Å². The van der Waals surface area contributed by atoms with Crippen LogP contribution < -0.4 is 10.0 Å². The van der Waals surface area contributed by atoms with Crippen LogP contribution in [0.5, 0.6) is 0 Å². The zero-order valence-corrected chi connectivity index (χ0v) is 20.3. The number of hydrogen-bond donors (Lipinski definition) is 2. The molecule has 34 heavy (non-hydrogen) atoms. The van der Waals surface area contributed by atoms with Crippen molar-refractivity contribution in [2.45, 2.75) is 31.6 Å². The predicted octanol–water partition coefficient (Wildman–Crippen LogP) is 4.18. The number of carbonyl (C=O) groups is 1. The molecule has 4 rings (SSSR count). The van der Waals surface area contributed by atoms with Crippen LogP contribution in [-0.4, -0.2) is 35.5 Å². The molecule has 0 aliphatic carbocycles. The Morgan fingerprint density at radius 2 is 1.79 bits per heavy atom. The van der Waals surface area contributed by atoms with Gasteiger partial charge in [-0.2, -0.15) is 0 Å². The van der Waals surface area contributed by atoms with Crippen LogP contribution in [0.4, 0.5) is 4.79 Å². The topological polar surface area (TPSA) is 106 Å². The molecule has 0 aliphatic heterocycles. The summed E-state index contributed by atoms with van der Waals surface area (Å²) in [6, 6.07) is 15.2. The van der Waals surface area contributed by atoms with E-state index in [-0.39, 0.29) is 11.4 Å². The molecule has 2 amide bonds. The Morgan fingerprint density at radius 3 is 2.47 bits per heavy atom. The van der Waals surface area contributed by atoms with Gasteiger partial charge in [-0.15, -0.1) is 0 Å². The molecule has 4 aromatic rings. The smallest absolute Gasteiger partial charge is 0.328 e. The molecule has 8 nitrogen and oxygen atoms in total. The van der Waals surface area contributed by atoms with Crippen LogP contribution >= 0.6 is 11.6 Å². The van der Waals surface area contributed by atoms with E-state index in [0.717, 1.165) is 40.2 Å². The van der Waals surface area contributed by atoms with Gasteiger partial charge in [-0.05, 0) is 49.2 Å². The van der Waals surface area contributed by atoms with E-state index in [9.17, 15) is 13.2 Å². The van der Waals surface area contributed by atoms with Gasteiger partial charge in [0.2, 0.25) is 0 Å². The van der Waals surface area contributed by atoms with Gasteiger partial charge in [-0.3, -0.25) is 4.57 Å². The number of fused-ring (bicyclic) bond motifs is 1. The van der Waals surface area contributed by atoms with Gasteiger partial charge >= 0.3 is 6.03 Å². The molecule has 10 heteroatoms. The SMILES string of the molecule is CCc1nc2cc(Cl)cnc2n1-c1ccc(CCNC(=O)NS(=O)(=O)c2ccc(C)cc2)cc1. The number of nitrogens with one attached hydrogen (secondary N) is 2. The summed E-state index contributed by atoms with van der Waals surface area (Å²) in [6.45, 7) is 4.17. The van der Waals surface area contributed by atoms with Crippen LogP contribution in [0, 0.1) is 6.92 Å². The van der Waals surface area contributed by atoms with Gasteiger partial charge in [0.15, 0.2) is 5.65 Å². The average Bonchev–Trinajstić information content (AvgIpc) is 3.17. The van der Waals surface area contributed by atoms with Crippen LogP contribution in [0.25, 0.3) is 16.9 Å². The summed E-state index contributed by atoms with van der Waals surface area (Å²) < 4.78 is 28.7. The lowest BCUT2D eigenvalue weighted by Gasteiger charge is -2.10. The first-order valence-electron chi connectivity index (χ1n) is 10.8. The highest BCUT2D eigenvalue weighted by Gasteiger charge is 2.17. The number of imidazole rings is 1. The minimum atomic E-state index is -3.91. The Hall–Kier alpha value is -3.43. The first-order chi connectivity index (χ1) is 16.3. The summed E-state index contributed by atoms with van der Waals surface area (Å²) in [6.07, 6.45) is 2.88. The second-order valence-corrected chi connectivity index (χ2v) is 9.92. The van der Waals surface area contributed by atoms with Crippen molar-refractivity contribution in [1.29, 1.82) is 0 Å². The third-order valence-corrected chi connectivity index (χ3v) is 6.86. The van der Waals surface area contributed by atoms with Crippen LogP contribution in [0.1, 0.15) is 23.9 Å². The molecule has 176 valence electrons. The van der Waals surface area contributed by atoms with E-state index >= 15 is 0 Å². The van der Waals surface area contributed by atoms with Crippen molar-refractivity contribution in [1.82, 2.24) is 24.6 Å². The second-order valence-electron chi connectivity index (χ2n) is 7.80. The molecule has 0 bridgehead atoms. The number of sulfonamides is 1. The number of carbonyl (C=O) groups excluding carboxylic acids is 1. The number of aryl methyl sites for hydroxylation is 2. The molecule has 0 atom stereocenters. The highest BCUT2D eigenvalue weighted by Crippen LogP contribution is 2.23. The third kappa shape index (κ3) is 5.21. The second kappa shape index (κ2) is 9.82. The van der Waals surface area contributed by atoms with E-state index in [4.69, 9.17) is 11.6 Å². The van der Waals surface area contributed by atoms with Crippen molar-refractivity contribution in [3.63, 3.8) is 0 Å². The Bertz CT molecular complexity index is 1430. The normalized spacial score (nSPS) is 11.5. The van der Waals surface area contributed by atoms with Gasteiger partial charge in [0.05, 0.1) is 9.92 Å². The Labute approximate surface area is 203 Å². The van der Waals surface area contributed by atoms with Crippen molar-refractivity contribution in [3.05, 3.63) is 82.8 Å². The molecular formula is C24H24ClN5O3S. The predicted molar refractivity (Wildman–Crippen MR) is 132 cm³/mol. The summed E-state index contributed by atoms with van der Waals surface area (Å²) >= 11 is 6.05. The molecular weight excluding hydrogens is 474 g/mol. The van der Waals surface area contributed by atoms with Gasteiger partial charge in [-0.1, -0.05) is 48.4 Å². The molecule has 2 N–H and O–H groups in total. The first kappa shape index (κ1) is 23.7. The minimum absolute atomic E-state index is 0.0408. The zero-order chi connectivity index (χ0) is 24.3. The Morgan fingerprint density at radius 1 is 1.09 bits per heavy atom. The largest absolute Gasteiger partial charge is 0.337 e. The number of halogens is 1. The first-order valence-corrected chi connectivity index (χ1v) is 12.6. The van der Waals surface area contributed by atoms with E-state index in [0.29, 0.717) is 11.4 Å². The Balaban J connectivity index is 1.38. The van der Waals surface area contributed by atoms with Gasteiger partial charge in [-0.25, -0.2) is 27.9 Å². The average molecular weight is 498 g/mol. The number of amides is 2. The fraction of sp³-hybridized carbons (Fsp3) is 0.208. The standard InChI is InChI=1S/C24H24ClN5O3S/c1-3-22-28-21-14-18(25)15-27-23(21)30(22)19-8-6-17(7-9-19)12-13-26-24(31)29-34(32,33)20-10-4-16(2)5-11-20/h4-11,14-15H,3,12-13H2,1-2H3,(H2,26,29,31). The van der Waals surface area contributed by atoms with Gasteiger partial charge in [0.1, 0.15) is 11.3 Å². The number of rotatable bonds is 7.